The Morgan fingerprint density at radius 3 is 2.79 bits per heavy atom. The van der Waals surface area contributed by atoms with Gasteiger partial charge >= 0.3 is 0 Å². The van der Waals surface area contributed by atoms with Gasteiger partial charge in [-0.1, -0.05) is 23.7 Å². The van der Waals surface area contributed by atoms with Crippen LogP contribution in [0.4, 0.5) is 5.69 Å². The second-order valence-corrected chi connectivity index (χ2v) is 8.14. The van der Waals surface area contributed by atoms with Crippen LogP contribution in [0.3, 0.4) is 0 Å². The Labute approximate surface area is 174 Å². The lowest BCUT2D eigenvalue weighted by Gasteiger charge is -2.29. The number of nitrogens with zero attached hydrogens (tertiary/aromatic N) is 2. The van der Waals surface area contributed by atoms with E-state index in [1.165, 1.54) is 0 Å². The number of hydrogen-bond acceptors (Lipinski definition) is 4. The Bertz CT molecular complexity index is 874. The molecule has 3 rings (SSSR count). The maximum atomic E-state index is 12.7. The normalized spacial score (nSPS) is 13.0. The fourth-order valence-corrected chi connectivity index (χ4v) is 4.37. The van der Waals surface area contributed by atoms with Crippen LogP contribution in [0.1, 0.15) is 18.4 Å². The Morgan fingerprint density at radius 1 is 1.21 bits per heavy atom. The van der Waals surface area contributed by atoms with Gasteiger partial charge in [-0.2, -0.15) is 0 Å². The van der Waals surface area contributed by atoms with Crippen LogP contribution < -0.4 is 9.64 Å². The van der Waals surface area contributed by atoms with E-state index in [4.69, 9.17) is 16.3 Å². The van der Waals surface area contributed by atoms with E-state index in [1.807, 2.05) is 24.3 Å². The van der Waals surface area contributed by atoms with Crippen molar-refractivity contribution in [2.24, 2.45) is 0 Å². The van der Waals surface area contributed by atoms with Crippen LogP contribution in [0.15, 0.2) is 47.4 Å². The average Bonchev–Trinajstić information content (AvgIpc) is 2.71. The molecular formula is C21H23ClN2O3S. The topological polar surface area (TPSA) is 49.9 Å². The SMILES string of the molecule is COc1ccc(Cl)cc1CN(C)C(=O)CCC(=O)N1CCSc2ccccc21. The first-order valence-electron chi connectivity index (χ1n) is 9.08. The zero-order chi connectivity index (χ0) is 20.1. The van der Waals surface area contributed by atoms with E-state index in [-0.39, 0.29) is 24.7 Å². The number of fused-ring (bicyclic) bond motifs is 1. The van der Waals surface area contributed by atoms with Crippen LogP contribution in [0.5, 0.6) is 5.75 Å². The number of carbonyl (C=O) groups excluding carboxylic acids is 2. The van der Waals surface area contributed by atoms with Crippen LogP contribution in [-0.2, 0) is 16.1 Å². The van der Waals surface area contributed by atoms with Gasteiger partial charge in [-0.05, 0) is 30.3 Å². The first-order chi connectivity index (χ1) is 13.5. The fourth-order valence-electron chi connectivity index (χ4n) is 3.18. The van der Waals surface area contributed by atoms with Gasteiger partial charge in [0.2, 0.25) is 11.8 Å². The van der Waals surface area contributed by atoms with Crippen molar-refractivity contribution in [3.05, 3.63) is 53.1 Å². The summed E-state index contributed by atoms with van der Waals surface area (Å²) in [7, 11) is 3.31. The summed E-state index contributed by atoms with van der Waals surface area (Å²) in [4.78, 5) is 29.7. The number of benzene rings is 2. The van der Waals surface area contributed by atoms with Crippen LogP contribution in [0.25, 0.3) is 0 Å². The standard InChI is InChI=1S/C21H23ClN2O3S/c1-23(14-15-13-16(22)7-8-18(15)27-2)20(25)9-10-21(26)24-11-12-28-19-6-4-3-5-17(19)24/h3-8,13H,9-12,14H2,1-2H3. The van der Waals surface area contributed by atoms with Gasteiger partial charge in [0.1, 0.15) is 5.75 Å². The summed E-state index contributed by atoms with van der Waals surface area (Å²) in [5.74, 6) is 1.44. The molecule has 1 aliphatic rings. The molecule has 0 aromatic heterocycles. The van der Waals surface area contributed by atoms with Gasteiger partial charge in [-0.3, -0.25) is 9.59 Å². The van der Waals surface area contributed by atoms with E-state index in [1.54, 1.807) is 53.9 Å². The number of halogens is 1. The molecule has 1 heterocycles. The third-order valence-electron chi connectivity index (χ3n) is 4.66. The fraction of sp³-hybridized carbons (Fsp3) is 0.333. The molecule has 28 heavy (non-hydrogen) atoms. The second-order valence-electron chi connectivity index (χ2n) is 6.57. The Morgan fingerprint density at radius 2 is 2.00 bits per heavy atom. The van der Waals surface area contributed by atoms with Crippen molar-refractivity contribution in [1.29, 1.82) is 0 Å². The number of ether oxygens (including phenoxy) is 1. The molecule has 2 amide bonds. The molecule has 0 atom stereocenters. The molecular weight excluding hydrogens is 396 g/mol. The van der Waals surface area contributed by atoms with Crippen molar-refractivity contribution < 1.29 is 14.3 Å². The molecule has 0 saturated heterocycles. The first kappa shape index (κ1) is 20.6. The molecule has 0 N–H and O–H groups in total. The number of anilines is 1. The van der Waals surface area contributed by atoms with Crippen molar-refractivity contribution in [2.45, 2.75) is 24.3 Å². The lowest BCUT2D eigenvalue weighted by Crippen LogP contribution is -2.36. The average molecular weight is 419 g/mol. The van der Waals surface area contributed by atoms with Crippen LogP contribution in [0.2, 0.25) is 5.02 Å². The third-order valence-corrected chi connectivity index (χ3v) is 5.94. The van der Waals surface area contributed by atoms with Crippen molar-refractivity contribution in [3.8, 4) is 5.75 Å². The minimum Gasteiger partial charge on any atom is -0.496 e. The van der Waals surface area contributed by atoms with Gasteiger partial charge < -0.3 is 14.5 Å². The molecule has 2 aromatic rings. The van der Waals surface area contributed by atoms with Gasteiger partial charge in [0.15, 0.2) is 0 Å². The molecule has 0 saturated carbocycles. The van der Waals surface area contributed by atoms with Gasteiger partial charge in [0.05, 0.1) is 12.8 Å². The van der Waals surface area contributed by atoms with Crippen LogP contribution in [-0.4, -0.2) is 43.2 Å². The molecule has 0 radical (unpaired) electrons. The maximum absolute atomic E-state index is 12.7. The van der Waals surface area contributed by atoms with Crippen LogP contribution in [0, 0.1) is 0 Å². The molecule has 0 fully saturated rings. The predicted octanol–water partition coefficient (Wildman–Crippen LogP) is 4.23. The number of hydrogen-bond donors (Lipinski definition) is 0. The number of para-hydroxylation sites is 1. The number of carbonyl (C=O) groups is 2. The zero-order valence-corrected chi connectivity index (χ0v) is 17.6. The first-order valence-corrected chi connectivity index (χ1v) is 10.4. The monoisotopic (exact) mass is 418 g/mol. The predicted molar refractivity (Wildman–Crippen MR) is 113 cm³/mol. The maximum Gasteiger partial charge on any atom is 0.227 e. The minimum atomic E-state index is -0.0879. The number of rotatable bonds is 6. The largest absolute Gasteiger partial charge is 0.496 e. The van der Waals surface area contributed by atoms with Gasteiger partial charge in [0.25, 0.3) is 0 Å². The molecule has 0 unspecified atom stereocenters. The van der Waals surface area contributed by atoms with Crippen molar-refractivity contribution in [3.63, 3.8) is 0 Å². The van der Waals surface area contributed by atoms with E-state index >= 15 is 0 Å². The van der Waals surface area contributed by atoms with Crippen molar-refractivity contribution >= 4 is 40.9 Å². The summed E-state index contributed by atoms with van der Waals surface area (Å²) in [6.07, 6.45) is 0.360. The van der Waals surface area contributed by atoms with E-state index in [9.17, 15) is 9.59 Å². The van der Waals surface area contributed by atoms with E-state index in [0.717, 1.165) is 21.9 Å². The molecule has 7 heteroatoms. The smallest absolute Gasteiger partial charge is 0.227 e. The van der Waals surface area contributed by atoms with Crippen molar-refractivity contribution in [2.75, 3.05) is 31.4 Å². The Balaban J connectivity index is 1.58. The van der Waals surface area contributed by atoms with Crippen LogP contribution >= 0.6 is 23.4 Å². The highest BCUT2D eigenvalue weighted by Gasteiger charge is 2.23. The zero-order valence-electron chi connectivity index (χ0n) is 16.0. The number of methoxy groups -OCH3 is 1. The third kappa shape index (κ3) is 4.80. The molecule has 1 aliphatic heterocycles. The lowest BCUT2D eigenvalue weighted by molar-refractivity contribution is -0.132. The quantitative estimate of drug-likeness (QED) is 0.704. The summed E-state index contributed by atoms with van der Waals surface area (Å²) >= 11 is 7.81. The number of thioether (sulfide) groups is 1. The summed E-state index contributed by atoms with van der Waals surface area (Å²) in [6, 6.07) is 13.2. The van der Waals surface area contributed by atoms with Gasteiger partial charge in [0, 0.05) is 54.2 Å². The summed E-state index contributed by atoms with van der Waals surface area (Å²) in [5, 5.41) is 0.591. The second kappa shape index (κ2) is 9.34. The lowest BCUT2D eigenvalue weighted by atomic mass is 10.1. The summed E-state index contributed by atoms with van der Waals surface area (Å²) < 4.78 is 5.33. The Hall–Kier alpha value is -2.18. The summed E-state index contributed by atoms with van der Waals surface area (Å²) in [5.41, 5.74) is 1.77. The minimum absolute atomic E-state index is 0.0187. The number of amides is 2. The highest BCUT2D eigenvalue weighted by molar-refractivity contribution is 7.99. The highest BCUT2D eigenvalue weighted by atomic mass is 35.5. The highest BCUT2D eigenvalue weighted by Crippen LogP contribution is 2.34. The molecule has 0 aliphatic carbocycles. The Kier molecular flexibility index (Phi) is 6.86. The van der Waals surface area contributed by atoms with Gasteiger partial charge in [-0.25, -0.2) is 0 Å². The van der Waals surface area contributed by atoms with E-state index in [2.05, 4.69) is 0 Å². The molecule has 0 spiro atoms. The molecule has 5 nitrogen and oxygen atoms in total. The molecule has 0 bridgehead atoms. The summed E-state index contributed by atoms with van der Waals surface area (Å²) in [6.45, 7) is 1.05. The van der Waals surface area contributed by atoms with E-state index in [0.29, 0.717) is 23.9 Å². The van der Waals surface area contributed by atoms with Gasteiger partial charge in [-0.15, -0.1) is 11.8 Å². The molecule has 2 aromatic carbocycles. The molecule has 148 valence electrons. The van der Waals surface area contributed by atoms with Crippen molar-refractivity contribution in [1.82, 2.24) is 4.90 Å². The van der Waals surface area contributed by atoms with E-state index < -0.39 is 0 Å².